The van der Waals surface area contributed by atoms with Crippen LogP contribution in [-0.2, 0) is 24.1 Å². The smallest absolute Gasteiger partial charge is 0.419 e. The molecule has 2 aromatic heterocycles. The number of fused-ring (bicyclic) bond motifs is 1. The maximum Gasteiger partial charge on any atom is 0.419 e. The minimum atomic E-state index is -4.57. The van der Waals surface area contributed by atoms with Gasteiger partial charge < -0.3 is 19.6 Å². The predicted molar refractivity (Wildman–Crippen MR) is 93.3 cm³/mol. The lowest BCUT2D eigenvalue weighted by molar-refractivity contribution is -0.139. The number of nitrogens with zero attached hydrogens (tertiary/aromatic N) is 1. The fourth-order valence-electron chi connectivity index (χ4n) is 2.92. The topological polar surface area (TPSA) is 80.2 Å². The maximum atomic E-state index is 13.5. The number of benzene rings is 1. The van der Waals surface area contributed by atoms with E-state index in [4.69, 9.17) is 4.74 Å². The Kier molecular flexibility index (Phi) is 4.32. The molecule has 1 saturated carbocycles. The number of halogens is 3. The third kappa shape index (κ3) is 3.69. The molecule has 148 valence electrons. The van der Waals surface area contributed by atoms with Crippen molar-refractivity contribution in [3.8, 4) is 5.75 Å². The van der Waals surface area contributed by atoms with Crippen LogP contribution in [0.4, 0.5) is 13.2 Å². The molecule has 1 aliphatic rings. The number of aromatic amines is 1. The zero-order valence-electron chi connectivity index (χ0n) is 15.0. The quantitative estimate of drug-likeness (QED) is 0.659. The van der Waals surface area contributed by atoms with Gasteiger partial charge in [-0.2, -0.15) is 13.2 Å². The van der Waals surface area contributed by atoms with Gasteiger partial charge in [-0.15, -0.1) is 0 Å². The lowest BCUT2D eigenvalue weighted by Gasteiger charge is -2.13. The minimum absolute atomic E-state index is 0.0428. The van der Waals surface area contributed by atoms with Gasteiger partial charge in [0.1, 0.15) is 24.3 Å². The molecular formula is C19H18F3N3O3. The molecule has 1 amide bonds. The van der Waals surface area contributed by atoms with Crippen LogP contribution in [0.25, 0.3) is 10.9 Å². The number of H-pyrrole nitrogens is 1. The standard InChI is InChI=1S/C19H18F3N3O3/c1-18(3-4-18)17(26)23-9-13-6-11-7-14(19(20,21)22)16(8-15(11)24-13)27-10-12-2-5-28-25-12/h2,5-8,24H,3-4,9-10H2,1H3,(H,23,26). The fraction of sp³-hybridized carbons (Fsp3) is 0.368. The molecule has 0 atom stereocenters. The fourth-order valence-corrected chi connectivity index (χ4v) is 2.92. The Morgan fingerprint density at radius 2 is 2.14 bits per heavy atom. The van der Waals surface area contributed by atoms with Crippen LogP contribution in [0.15, 0.2) is 35.1 Å². The molecule has 0 aliphatic heterocycles. The third-order valence-electron chi connectivity index (χ3n) is 4.94. The van der Waals surface area contributed by atoms with Crippen molar-refractivity contribution in [1.82, 2.24) is 15.5 Å². The Bertz CT molecular complexity index is 1000. The molecule has 1 aliphatic carbocycles. The zero-order valence-corrected chi connectivity index (χ0v) is 15.0. The lowest BCUT2D eigenvalue weighted by Crippen LogP contribution is -2.29. The molecule has 6 nitrogen and oxygen atoms in total. The molecule has 0 radical (unpaired) electrons. The molecule has 0 unspecified atom stereocenters. The van der Waals surface area contributed by atoms with E-state index in [0.717, 1.165) is 18.9 Å². The maximum absolute atomic E-state index is 13.5. The third-order valence-corrected chi connectivity index (χ3v) is 4.94. The van der Waals surface area contributed by atoms with E-state index in [2.05, 4.69) is 20.0 Å². The Balaban J connectivity index is 1.57. The molecule has 9 heteroatoms. The number of amides is 1. The van der Waals surface area contributed by atoms with Crippen LogP contribution in [-0.4, -0.2) is 16.0 Å². The highest BCUT2D eigenvalue weighted by molar-refractivity contribution is 5.85. The highest BCUT2D eigenvalue weighted by Gasteiger charge is 2.44. The van der Waals surface area contributed by atoms with Crippen LogP contribution in [0, 0.1) is 5.41 Å². The van der Waals surface area contributed by atoms with Crippen molar-refractivity contribution in [3.05, 3.63) is 47.5 Å². The highest BCUT2D eigenvalue weighted by Crippen LogP contribution is 2.45. The Morgan fingerprint density at radius 3 is 2.79 bits per heavy atom. The van der Waals surface area contributed by atoms with E-state index in [1.165, 1.54) is 18.4 Å². The summed E-state index contributed by atoms with van der Waals surface area (Å²) in [5, 5.41) is 6.84. The first-order valence-corrected chi connectivity index (χ1v) is 8.78. The van der Waals surface area contributed by atoms with Gasteiger partial charge in [-0.25, -0.2) is 0 Å². The molecule has 1 fully saturated rings. The van der Waals surface area contributed by atoms with Crippen molar-refractivity contribution in [2.45, 2.75) is 39.1 Å². The van der Waals surface area contributed by atoms with E-state index in [-0.39, 0.29) is 30.2 Å². The number of hydrogen-bond acceptors (Lipinski definition) is 4. The molecule has 2 heterocycles. The minimum Gasteiger partial charge on any atom is -0.486 e. The van der Waals surface area contributed by atoms with Crippen molar-refractivity contribution in [2.75, 3.05) is 0 Å². The van der Waals surface area contributed by atoms with Crippen LogP contribution < -0.4 is 10.1 Å². The second-order valence-electron chi connectivity index (χ2n) is 7.25. The highest BCUT2D eigenvalue weighted by atomic mass is 19.4. The van der Waals surface area contributed by atoms with Crippen molar-refractivity contribution in [3.63, 3.8) is 0 Å². The van der Waals surface area contributed by atoms with Gasteiger partial charge in [-0.05, 0) is 25.0 Å². The molecule has 4 rings (SSSR count). The molecule has 3 aromatic rings. The molecule has 0 spiro atoms. The second kappa shape index (κ2) is 6.57. The van der Waals surface area contributed by atoms with Gasteiger partial charge in [0, 0.05) is 34.1 Å². The van der Waals surface area contributed by atoms with Gasteiger partial charge in [0.05, 0.1) is 12.1 Å². The summed E-state index contributed by atoms with van der Waals surface area (Å²) in [4.78, 5) is 15.1. The SMILES string of the molecule is CC1(C(=O)NCc2cc3cc(C(F)(F)F)c(OCc4ccon4)cc3[nH]2)CC1. The average Bonchev–Trinajstić information content (AvgIpc) is 3.07. The molecule has 1 aromatic carbocycles. The van der Waals surface area contributed by atoms with Crippen LogP contribution >= 0.6 is 0 Å². The summed E-state index contributed by atoms with van der Waals surface area (Å²) in [5.41, 5.74) is 0.317. The van der Waals surface area contributed by atoms with Crippen LogP contribution in [0.5, 0.6) is 5.75 Å². The van der Waals surface area contributed by atoms with Gasteiger partial charge in [0.25, 0.3) is 0 Å². The summed E-state index contributed by atoms with van der Waals surface area (Å²) in [7, 11) is 0. The first kappa shape index (κ1) is 18.4. The summed E-state index contributed by atoms with van der Waals surface area (Å²) in [6.07, 6.45) is -1.54. The first-order chi connectivity index (χ1) is 13.2. The number of alkyl halides is 3. The van der Waals surface area contributed by atoms with Crippen LogP contribution in [0.2, 0.25) is 0 Å². The van der Waals surface area contributed by atoms with Crippen molar-refractivity contribution in [1.29, 1.82) is 0 Å². The number of carbonyl (C=O) groups excluding carboxylic acids is 1. The van der Waals surface area contributed by atoms with E-state index in [1.807, 2.05) is 6.92 Å². The van der Waals surface area contributed by atoms with Crippen molar-refractivity contribution >= 4 is 16.8 Å². The van der Waals surface area contributed by atoms with Crippen molar-refractivity contribution < 1.29 is 27.2 Å². The normalized spacial score (nSPS) is 15.6. The van der Waals surface area contributed by atoms with Crippen LogP contribution in [0.3, 0.4) is 0 Å². The lowest BCUT2D eigenvalue weighted by atomic mass is 10.1. The molecular weight excluding hydrogens is 375 g/mol. The van der Waals surface area contributed by atoms with E-state index in [1.54, 1.807) is 6.07 Å². The van der Waals surface area contributed by atoms with E-state index in [9.17, 15) is 18.0 Å². The molecule has 0 saturated heterocycles. The largest absolute Gasteiger partial charge is 0.486 e. The van der Waals surface area contributed by atoms with E-state index >= 15 is 0 Å². The number of ether oxygens (including phenoxy) is 1. The van der Waals surface area contributed by atoms with Gasteiger partial charge in [0.15, 0.2) is 0 Å². The number of hydrogen-bond donors (Lipinski definition) is 2. The predicted octanol–water partition coefficient (Wildman–Crippen LogP) is 4.17. The van der Waals surface area contributed by atoms with Gasteiger partial charge in [-0.1, -0.05) is 12.1 Å². The van der Waals surface area contributed by atoms with Gasteiger partial charge in [0.2, 0.25) is 5.91 Å². The number of nitrogens with one attached hydrogen (secondary N) is 2. The summed E-state index contributed by atoms with van der Waals surface area (Å²) in [6, 6.07) is 5.46. The number of rotatable bonds is 6. The molecule has 28 heavy (non-hydrogen) atoms. The summed E-state index contributed by atoms with van der Waals surface area (Å²) in [5.74, 6) is -0.343. The second-order valence-corrected chi connectivity index (χ2v) is 7.25. The number of carbonyl (C=O) groups is 1. The average molecular weight is 393 g/mol. The summed E-state index contributed by atoms with van der Waals surface area (Å²) < 4.78 is 50.4. The Morgan fingerprint density at radius 1 is 1.36 bits per heavy atom. The zero-order chi connectivity index (χ0) is 19.9. The van der Waals surface area contributed by atoms with Gasteiger partial charge >= 0.3 is 6.18 Å². The first-order valence-electron chi connectivity index (χ1n) is 8.78. The molecule has 2 N–H and O–H groups in total. The van der Waals surface area contributed by atoms with Crippen LogP contribution in [0.1, 0.15) is 36.7 Å². The Labute approximate surface area is 158 Å². The van der Waals surface area contributed by atoms with Crippen molar-refractivity contribution in [2.24, 2.45) is 5.41 Å². The molecule has 0 bridgehead atoms. The van der Waals surface area contributed by atoms with E-state index < -0.39 is 11.7 Å². The van der Waals surface area contributed by atoms with Gasteiger partial charge in [-0.3, -0.25) is 4.79 Å². The number of aromatic nitrogens is 2. The van der Waals surface area contributed by atoms with E-state index in [0.29, 0.717) is 22.3 Å². The monoisotopic (exact) mass is 393 g/mol. The Hall–Kier alpha value is -2.97. The summed E-state index contributed by atoms with van der Waals surface area (Å²) >= 11 is 0. The summed E-state index contributed by atoms with van der Waals surface area (Å²) in [6.45, 7) is 1.97.